The van der Waals surface area contributed by atoms with Gasteiger partial charge in [-0.2, -0.15) is 0 Å². The molecule has 2 aliphatic rings. The first-order chi connectivity index (χ1) is 12.8. The van der Waals surface area contributed by atoms with Crippen LogP contribution in [0.3, 0.4) is 0 Å². The van der Waals surface area contributed by atoms with Crippen LogP contribution in [0.25, 0.3) is 0 Å². The first-order valence-corrected chi connectivity index (χ1v) is 10.5. The van der Waals surface area contributed by atoms with Crippen LogP contribution >= 0.6 is 11.8 Å². The van der Waals surface area contributed by atoms with E-state index in [2.05, 4.69) is 37.6 Å². The number of nitrogens with zero attached hydrogens (tertiary/aromatic N) is 1. The molecule has 2 atom stereocenters. The zero-order valence-electron chi connectivity index (χ0n) is 16.6. The van der Waals surface area contributed by atoms with Crippen molar-refractivity contribution < 1.29 is 9.59 Å². The number of carbonyl (C=O) groups excluding carboxylic acids is 2. The van der Waals surface area contributed by atoms with Crippen LogP contribution in [0.2, 0.25) is 0 Å². The van der Waals surface area contributed by atoms with Crippen molar-refractivity contribution in [1.82, 2.24) is 10.2 Å². The molecule has 2 rings (SSSR count). The second kappa shape index (κ2) is 9.79. The maximum absolute atomic E-state index is 12.7. The molecule has 0 aromatic heterocycles. The largest absolute Gasteiger partial charge is 0.377 e. The van der Waals surface area contributed by atoms with E-state index in [1.807, 2.05) is 13.8 Å². The van der Waals surface area contributed by atoms with Gasteiger partial charge in [0.1, 0.15) is 0 Å². The first-order valence-electron chi connectivity index (χ1n) is 9.51. The summed E-state index contributed by atoms with van der Waals surface area (Å²) in [7, 11) is 0. The third-order valence-corrected chi connectivity index (χ3v) is 5.74. The van der Waals surface area contributed by atoms with E-state index in [4.69, 9.17) is 0 Å². The summed E-state index contributed by atoms with van der Waals surface area (Å²) >= 11 is 1.50. The lowest BCUT2D eigenvalue weighted by Crippen LogP contribution is -2.31. The van der Waals surface area contributed by atoms with Crippen LogP contribution in [-0.4, -0.2) is 27.3 Å². The van der Waals surface area contributed by atoms with Crippen molar-refractivity contribution in [1.29, 1.82) is 0 Å². The van der Waals surface area contributed by atoms with Gasteiger partial charge in [-0.1, -0.05) is 49.8 Å². The molecule has 1 fully saturated rings. The molecule has 0 spiro atoms. The van der Waals surface area contributed by atoms with Crippen molar-refractivity contribution in [2.45, 2.75) is 63.5 Å². The molecule has 1 saturated heterocycles. The second-order valence-corrected chi connectivity index (χ2v) is 8.67. The average Bonchev–Trinajstić information content (AvgIpc) is 2.88. The Kier molecular flexibility index (Phi) is 7.72. The Morgan fingerprint density at radius 3 is 2.67 bits per heavy atom. The molecule has 2 unspecified atom stereocenters. The topological polar surface area (TPSA) is 49.4 Å². The highest BCUT2D eigenvalue weighted by atomic mass is 32.2. The molecule has 1 N–H and O–H groups in total. The van der Waals surface area contributed by atoms with Crippen molar-refractivity contribution in [2.75, 3.05) is 0 Å². The molecule has 0 aromatic carbocycles. The van der Waals surface area contributed by atoms with Crippen molar-refractivity contribution in [3.8, 4) is 0 Å². The summed E-state index contributed by atoms with van der Waals surface area (Å²) in [6.45, 7) is 13.7. The molecule has 5 heteroatoms. The lowest BCUT2D eigenvalue weighted by molar-refractivity contribution is -0.135. The molecule has 27 heavy (non-hydrogen) atoms. The monoisotopic (exact) mass is 386 g/mol. The lowest BCUT2D eigenvalue weighted by atomic mass is 9.99. The van der Waals surface area contributed by atoms with Gasteiger partial charge in [-0.25, -0.2) is 0 Å². The van der Waals surface area contributed by atoms with Crippen molar-refractivity contribution in [3.05, 3.63) is 60.0 Å². The van der Waals surface area contributed by atoms with Gasteiger partial charge in [-0.05, 0) is 45.3 Å². The quantitative estimate of drug-likeness (QED) is 0.350. The highest BCUT2D eigenvalue weighted by Gasteiger charge is 2.40. The van der Waals surface area contributed by atoms with Crippen LogP contribution < -0.4 is 5.32 Å². The van der Waals surface area contributed by atoms with E-state index in [0.29, 0.717) is 5.70 Å². The van der Waals surface area contributed by atoms with Crippen LogP contribution in [-0.2, 0) is 9.59 Å². The fourth-order valence-corrected chi connectivity index (χ4v) is 4.37. The summed E-state index contributed by atoms with van der Waals surface area (Å²) < 4.78 is 0. The predicted molar refractivity (Wildman–Crippen MR) is 114 cm³/mol. The maximum Gasteiger partial charge on any atom is 0.247 e. The number of amides is 2. The number of rotatable bonds is 9. The SMILES string of the molecule is C=C(C)/C=C\C(=C)N1C(=O)CC(SC(C)NC2=CC=C(CCC)CC2)C1=O. The Bertz CT molecular complexity index is 718. The Balaban J connectivity index is 1.92. The zero-order valence-corrected chi connectivity index (χ0v) is 17.4. The van der Waals surface area contributed by atoms with Gasteiger partial charge in [0.25, 0.3) is 0 Å². The molecule has 0 bridgehead atoms. The van der Waals surface area contributed by atoms with Crippen LogP contribution in [0.4, 0.5) is 0 Å². The average molecular weight is 387 g/mol. The van der Waals surface area contributed by atoms with Crippen LogP contribution in [0.5, 0.6) is 0 Å². The number of imide groups is 1. The van der Waals surface area contributed by atoms with Gasteiger partial charge in [0.15, 0.2) is 0 Å². The van der Waals surface area contributed by atoms with E-state index in [0.717, 1.165) is 24.8 Å². The van der Waals surface area contributed by atoms with Gasteiger partial charge in [-0.15, -0.1) is 11.8 Å². The summed E-state index contributed by atoms with van der Waals surface area (Å²) in [6.07, 6.45) is 12.4. The fourth-order valence-electron chi connectivity index (χ4n) is 3.20. The standard InChI is InChI=1S/C22H30N2O2S/c1-6-7-18-10-12-19(13-11-18)23-17(5)27-20-14-21(25)24(22(20)26)16(4)9-8-15(2)3/h8-10,12,17,20,23H,2,4,6-7,11,13-14H2,1,3,5H3/b9-8-. The van der Waals surface area contributed by atoms with Crippen molar-refractivity contribution in [2.24, 2.45) is 0 Å². The molecule has 0 saturated carbocycles. The van der Waals surface area contributed by atoms with Gasteiger partial charge >= 0.3 is 0 Å². The van der Waals surface area contributed by atoms with E-state index >= 15 is 0 Å². The molecule has 0 aromatic rings. The summed E-state index contributed by atoms with van der Waals surface area (Å²) in [6, 6.07) is 0. The molecular formula is C22H30N2O2S. The first kappa shape index (κ1) is 21.3. The lowest BCUT2D eigenvalue weighted by Gasteiger charge is -2.22. The van der Waals surface area contributed by atoms with E-state index < -0.39 is 0 Å². The van der Waals surface area contributed by atoms with Crippen LogP contribution in [0, 0.1) is 0 Å². The van der Waals surface area contributed by atoms with Crippen molar-refractivity contribution in [3.63, 3.8) is 0 Å². The molecule has 1 heterocycles. The zero-order chi connectivity index (χ0) is 20.0. The third-order valence-electron chi connectivity index (χ3n) is 4.52. The Morgan fingerprint density at radius 1 is 1.33 bits per heavy atom. The van der Waals surface area contributed by atoms with Gasteiger partial charge in [0.05, 0.1) is 10.6 Å². The number of hydrogen-bond acceptors (Lipinski definition) is 4. The smallest absolute Gasteiger partial charge is 0.247 e. The van der Waals surface area contributed by atoms with Crippen molar-refractivity contribution >= 4 is 23.6 Å². The van der Waals surface area contributed by atoms with Crippen LogP contribution in [0.15, 0.2) is 60.0 Å². The van der Waals surface area contributed by atoms with Gasteiger partial charge in [0.2, 0.25) is 11.8 Å². The number of hydrogen-bond donors (Lipinski definition) is 1. The Morgan fingerprint density at radius 2 is 2.07 bits per heavy atom. The highest BCUT2D eigenvalue weighted by Crippen LogP contribution is 2.31. The van der Waals surface area contributed by atoms with E-state index in [9.17, 15) is 9.59 Å². The fraction of sp³-hybridized carbons (Fsp3) is 0.455. The predicted octanol–water partition coefficient (Wildman–Crippen LogP) is 4.83. The molecule has 146 valence electrons. The number of carbonyl (C=O) groups is 2. The minimum atomic E-state index is -0.370. The molecule has 1 aliphatic heterocycles. The summed E-state index contributed by atoms with van der Waals surface area (Å²) in [5, 5.41) is 3.16. The third kappa shape index (κ3) is 5.99. The summed E-state index contributed by atoms with van der Waals surface area (Å²) in [4.78, 5) is 26.1. The van der Waals surface area contributed by atoms with E-state index in [1.165, 1.54) is 34.4 Å². The molecule has 1 aliphatic carbocycles. The Labute approximate surface area is 167 Å². The molecular weight excluding hydrogens is 356 g/mol. The van der Waals surface area contributed by atoms with Gasteiger partial charge in [0, 0.05) is 17.8 Å². The molecule has 4 nitrogen and oxygen atoms in total. The number of nitrogens with one attached hydrogen (secondary N) is 1. The van der Waals surface area contributed by atoms with E-state index in [-0.39, 0.29) is 28.9 Å². The highest BCUT2D eigenvalue weighted by molar-refractivity contribution is 8.01. The summed E-state index contributed by atoms with van der Waals surface area (Å²) in [5.41, 5.74) is 3.94. The minimum absolute atomic E-state index is 0.0540. The molecule has 0 radical (unpaired) electrons. The second-order valence-electron chi connectivity index (χ2n) is 7.12. The normalized spacial score (nSPS) is 21.3. The molecule has 2 amide bonds. The Hall–Kier alpha value is -2.01. The minimum Gasteiger partial charge on any atom is -0.377 e. The van der Waals surface area contributed by atoms with Gasteiger partial charge in [-0.3, -0.25) is 14.5 Å². The summed E-state index contributed by atoms with van der Waals surface area (Å²) in [5.74, 6) is -0.372. The van der Waals surface area contributed by atoms with Crippen LogP contribution in [0.1, 0.15) is 52.9 Å². The van der Waals surface area contributed by atoms with E-state index in [1.54, 1.807) is 12.2 Å². The maximum atomic E-state index is 12.7. The van der Waals surface area contributed by atoms with Gasteiger partial charge < -0.3 is 5.32 Å². The number of thioether (sulfide) groups is 1. The number of likely N-dealkylation sites (tertiary alicyclic amines) is 1. The number of allylic oxidation sites excluding steroid dienone is 7.